The van der Waals surface area contributed by atoms with Crippen molar-refractivity contribution in [2.24, 2.45) is 11.1 Å². The van der Waals surface area contributed by atoms with Crippen molar-refractivity contribution >= 4 is 0 Å². The summed E-state index contributed by atoms with van der Waals surface area (Å²) >= 11 is 0. The lowest BCUT2D eigenvalue weighted by Gasteiger charge is -2.39. The van der Waals surface area contributed by atoms with Gasteiger partial charge in [-0.3, -0.25) is 0 Å². The Labute approximate surface area is 100 Å². The Morgan fingerprint density at radius 1 is 1.18 bits per heavy atom. The Hall–Kier alpha value is -1.00. The van der Waals surface area contributed by atoms with E-state index in [1.807, 2.05) is 20.8 Å². The molecular formula is C13H19F2NO. The Bertz CT molecular complexity index is 401. The summed E-state index contributed by atoms with van der Waals surface area (Å²) in [6, 6.07) is 3.62. The Morgan fingerprint density at radius 3 is 2.18 bits per heavy atom. The van der Waals surface area contributed by atoms with E-state index in [0.29, 0.717) is 5.56 Å². The number of nitrogens with two attached hydrogens (primary N) is 1. The van der Waals surface area contributed by atoms with Crippen molar-refractivity contribution in [2.75, 3.05) is 6.54 Å². The van der Waals surface area contributed by atoms with E-state index in [9.17, 15) is 13.9 Å². The second-order valence-corrected chi connectivity index (χ2v) is 5.41. The zero-order chi connectivity index (χ0) is 13.3. The lowest BCUT2D eigenvalue weighted by atomic mass is 9.73. The quantitative estimate of drug-likeness (QED) is 0.855. The van der Waals surface area contributed by atoms with Crippen LogP contribution in [0.4, 0.5) is 8.78 Å². The minimum Gasteiger partial charge on any atom is -0.388 e. The number of aliphatic hydroxyl groups is 1. The molecule has 1 aromatic rings. The number of hydrogen-bond donors (Lipinski definition) is 2. The standard InChI is InChI=1S/C13H19F2NO/c1-12(2,3)13(17,8-16)7-9-4-5-10(14)11(15)6-9/h4-6,17H,7-8,16H2,1-3H3. The van der Waals surface area contributed by atoms with Crippen molar-refractivity contribution in [3.05, 3.63) is 35.4 Å². The highest BCUT2D eigenvalue weighted by molar-refractivity contribution is 5.20. The first kappa shape index (κ1) is 14.1. The minimum absolute atomic E-state index is 0.0650. The number of hydrogen-bond acceptors (Lipinski definition) is 2. The van der Waals surface area contributed by atoms with Gasteiger partial charge in [0.25, 0.3) is 0 Å². The summed E-state index contributed by atoms with van der Waals surface area (Å²) in [6.07, 6.45) is 0.199. The fourth-order valence-corrected chi connectivity index (χ4v) is 1.63. The zero-order valence-electron chi connectivity index (χ0n) is 10.4. The number of benzene rings is 1. The van der Waals surface area contributed by atoms with Crippen molar-refractivity contribution in [3.63, 3.8) is 0 Å². The third kappa shape index (κ3) is 3.01. The van der Waals surface area contributed by atoms with Gasteiger partial charge in [0.1, 0.15) is 0 Å². The largest absolute Gasteiger partial charge is 0.388 e. The molecule has 0 heterocycles. The average Bonchev–Trinajstić information content (AvgIpc) is 2.22. The molecule has 1 rings (SSSR count). The van der Waals surface area contributed by atoms with Gasteiger partial charge in [0.05, 0.1) is 5.60 Å². The Balaban J connectivity index is 2.99. The molecule has 1 aromatic carbocycles. The molecule has 0 amide bonds. The predicted molar refractivity (Wildman–Crippen MR) is 63.5 cm³/mol. The predicted octanol–water partition coefficient (Wildman–Crippen LogP) is 2.24. The molecule has 0 aliphatic carbocycles. The van der Waals surface area contributed by atoms with Crippen LogP contribution in [0.1, 0.15) is 26.3 Å². The normalized spacial score (nSPS) is 15.7. The summed E-state index contributed by atoms with van der Waals surface area (Å²) in [7, 11) is 0. The van der Waals surface area contributed by atoms with E-state index in [0.717, 1.165) is 12.1 Å². The summed E-state index contributed by atoms with van der Waals surface area (Å²) in [5.41, 5.74) is 4.55. The van der Waals surface area contributed by atoms with Gasteiger partial charge in [-0.25, -0.2) is 8.78 Å². The fraction of sp³-hybridized carbons (Fsp3) is 0.538. The van der Waals surface area contributed by atoms with Crippen LogP contribution in [0.3, 0.4) is 0 Å². The molecule has 0 radical (unpaired) electrons. The van der Waals surface area contributed by atoms with Gasteiger partial charge in [-0.15, -0.1) is 0 Å². The molecule has 2 nitrogen and oxygen atoms in total. The van der Waals surface area contributed by atoms with E-state index in [4.69, 9.17) is 5.73 Å². The molecule has 0 bridgehead atoms. The second-order valence-electron chi connectivity index (χ2n) is 5.41. The van der Waals surface area contributed by atoms with Gasteiger partial charge < -0.3 is 10.8 Å². The van der Waals surface area contributed by atoms with Gasteiger partial charge in [-0.05, 0) is 23.1 Å². The first-order valence-electron chi connectivity index (χ1n) is 5.56. The van der Waals surface area contributed by atoms with Gasteiger partial charge in [-0.2, -0.15) is 0 Å². The van der Waals surface area contributed by atoms with E-state index in [-0.39, 0.29) is 13.0 Å². The molecule has 0 aromatic heterocycles. The molecular weight excluding hydrogens is 224 g/mol. The third-order valence-electron chi connectivity index (χ3n) is 3.21. The van der Waals surface area contributed by atoms with E-state index < -0.39 is 22.7 Å². The molecule has 17 heavy (non-hydrogen) atoms. The van der Waals surface area contributed by atoms with Gasteiger partial charge in [0, 0.05) is 13.0 Å². The van der Waals surface area contributed by atoms with Crippen LogP contribution in [0, 0.1) is 17.0 Å². The third-order valence-corrected chi connectivity index (χ3v) is 3.21. The van der Waals surface area contributed by atoms with Crippen LogP contribution in [-0.2, 0) is 6.42 Å². The van der Waals surface area contributed by atoms with Gasteiger partial charge in [0.15, 0.2) is 11.6 Å². The first-order chi connectivity index (χ1) is 7.69. The lowest BCUT2D eigenvalue weighted by molar-refractivity contribution is -0.0491. The van der Waals surface area contributed by atoms with E-state index in [1.54, 1.807) is 0 Å². The minimum atomic E-state index is -1.14. The molecule has 0 spiro atoms. The van der Waals surface area contributed by atoms with Crippen LogP contribution >= 0.6 is 0 Å². The Morgan fingerprint density at radius 2 is 1.76 bits per heavy atom. The summed E-state index contributed by atoms with van der Waals surface area (Å²) in [6.45, 7) is 5.65. The van der Waals surface area contributed by atoms with E-state index in [1.165, 1.54) is 6.07 Å². The highest BCUT2D eigenvalue weighted by Gasteiger charge is 2.38. The van der Waals surface area contributed by atoms with Crippen LogP contribution < -0.4 is 5.73 Å². The maximum absolute atomic E-state index is 13.1. The van der Waals surface area contributed by atoms with Crippen LogP contribution in [0.25, 0.3) is 0 Å². The SMILES string of the molecule is CC(C)(C)C(O)(CN)Cc1ccc(F)c(F)c1. The zero-order valence-corrected chi connectivity index (χ0v) is 10.4. The maximum Gasteiger partial charge on any atom is 0.159 e. The van der Waals surface area contributed by atoms with Crippen molar-refractivity contribution in [3.8, 4) is 0 Å². The molecule has 4 heteroatoms. The number of halogens is 2. The molecule has 0 aliphatic heterocycles. The highest BCUT2D eigenvalue weighted by atomic mass is 19.2. The number of rotatable bonds is 3. The summed E-state index contributed by atoms with van der Waals surface area (Å²) < 4.78 is 25.9. The summed E-state index contributed by atoms with van der Waals surface area (Å²) in [4.78, 5) is 0. The van der Waals surface area contributed by atoms with E-state index in [2.05, 4.69) is 0 Å². The lowest BCUT2D eigenvalue weighted by Crippen LogP contribution is -2.50. The monoisotopic (exact) mass is 243 g/mol. The van der Waals surface area contributed by atoms with Crippen LogP contribution in [0.5, 0.6) is 0 Å². The average molecular weight is 243 g/mol. The molecule has 0 fully saturated rings. The van der Waals surface area contributed by atoms with Crippen molar-refractivity contribution in [1.29, 1.82) is 0 Å². The molecule has 0 saturated heterocycles. The van der Waals surface area contributed by atoms with Crippen LogP contribution in [-0.4, -0.2) is 17.3 Å². The van der Waals surface area contributed by atoms with Crippen molar-refractivity contribution in [1.82, 2.24) is 0 Å². The second kappa shape index (κ2) is 4.70. The molecule has 1 atom stereocenters. The molecule has 0 saturated carbocycles. The summed E-state index contributed by atoms with van der Waals surface area (Å²) in [5.74, 6) is -1.79. The van der Waals surface area contributed by atoms with Crippen molar-refractivity contribution < 1.29 is 13.9 Å². The topological polar surface area (TPSA) is 46.2 Å². The Kier molecular flexibility index (Phi) is 3.89. The smallest absolute Gasteiger partial charge is 0.159 e. The van der Waals surface area contributed by atoms with Crippen LogP contribution in [0.2, 0.25) is 0 Å². The summed E-state index contributed by atoms with van der Waals surface area (Å²) in [5, 5.41) is 10.4. The first-order valence-corrected chi connectivity index (χ1v) is 5.56. The fourth-order valence-electron chi connectivity index (χ4n) is 1.63. The van der Waals surface area contributed by atoms with Gasteiger partial charge in [0.2, 0.25) is 0 Å². The van der Waals surface area contributed by atoms with Gasteiger partial charge in [-0.1, -0.05) is 26.8 Å². The molecule has 0 aliphatic rings. The highest BCUT2D eigenvalue weighted by Crippen LogP contribution is 2.32. The molecule has 96 valence electrons. The van der Waals surface area contributed by atoms with Gasteiger partial charge >= 0.3 is 0 Å². The van der Waals surface area contributed by atoms with Crippen molar-refractivity contribution in [2.45, 2.75) is 32.8 Å². The molecule has 1 unspecified atom stereocenters. The van der Waals surface area contributed by atoms with Crippen LogP contribution in [0.15, 0.2) is 18.2 Å². The molecule has 3 N–H and O–H groups in total. The maximum atomic E-state index is 13.1. The van der Waals surface area contributed by atoms with E-state index >= 15 is 0 Å².